The smallest absolute Gasteiger partial charge is 0.358 e. The highest BCUT2D eigenvalue weighted by atomic mass is 16.5. The lowest BCUT2D eigenvalue weighted by atomic mass is 10.1. The van der Waals surface area contributed by atoms with Gasteiger partial charge in [0.15, 0.2) is 5.69 Å². The van der Waals surface area contributed by atoms with Crippen LogP contribution in [0, 0.1) is 0 Å². The fraction of sp³-hybridized carbons (Fsp3) is 0.111. The topological polar surface area (TPSA) is 44.1 Å². The van der Waals surface area contributed by atoms with Crippen LogP contribution in [-0.4, -0.2) is 22.4 Å². The van der Waals surface area contributed by atoms with Crippen molar-refractivity contribution >= 4 is 5.97 Å². The van der Waals surface area contributed by atoms with Crippen molar-refractivity contribution in [1.82, 2.24) is 9.78 Å². The van der Waals surface area contributed by atoms with Crippen LogP contribution in [-0.2, 0) is 4.74 Å². The molecule has 0 spiro atoms. The van der Waals surface area contributed by atoms with Gasteiger partial charge in [-0.15, -0.1) is 0 Å². The Morgan fingerprint density at radius 1 is 1.05 bits per heavy atom. The number of benzene rings is 2. The van der Waals surface area contributed by atoms with E-state index in [4.69, 9.17) is 4.74 Å². The summed E-state index contributed by atoms with van der Waals surface area (Å²) in [5, 5.41) is 4.42. The average Bonchev–Trinajstić information content (AvgIpc) is 3.02. The Morgan fingerprint density at radius 2 is 1.68 bits per heavy atom. The van der Waals surface area contributed by atoms with E-state index in [-0.39, 0.29) is 0 Å². The van der Waals surface area contributed by atoms with Gasteiger partial charge in [-0.1, -0.05) is 48.5 Å². The lowest BCUT2D eigenvalue weighted by Gasteiger charge is -2.07. The minimum Gasteiger partial charge on any atom is -0.461 e. The molecule has 1 heterocycles. The van der Waals surface area contributed by atoms with Crippen molar-refractivity contribution in [3.05, 3.63) is 72.4 Å². The van der Waals surface area contributed by atoms with Gasteiger partial charge in [-0.25, -0.2) is 9.48 Å². The molecule has 22 heavy (non-hydrogen) atoms. The van der Waals surface area contributed by atoms with Crippen LogP contribution in [0.15, 0.2) is 66.7 Å². The number of hydrogen-bond donors (Lipinski definition) is 0. The highest BCUT2D eigenvalue weighted by Gasteiger charge is 2.17. The third kappa shape index (κ3) is 2.76. The molecule has 0 aliphatic heterocycles. The summed E-state index contributed by atoms with van der Waals surface area (Å²) in [6.45, 7) is 2.11. The summed E-state index contributed by atoms with van der Waals surface area (Å²) in [6.07, 6.45) is 0. The first kappa shape index (κ1) is 14.1. The maximum absolute atomic E-state index is 12.0. The predicted molar refractivity (Wildman–Crippen MR) is 85.0 cm³/mol. The molecule has 0 amide bonds. The molecule has 0 saturated carbocycles. The maximum atomic E-state index is 12.0. The summed E-state index contributed by atoms with van der Waals surface area (Å²) in [5.41, 5.74) is 3.06. The summed E-state index contributed by atoms with van der Waals surface area (Å²) >= 11 is 0. The molecule has 1 aromatic heterocycles. The molecule has 0 unspecified atom stereocenters. The van der Waals surface area contributed by atoms with Crippen LogP contribution in [0.5, 0.6) is 0 Å². The zero-order valence-electron chi connectivity index (χ0n) is 12.3. The summed E-state index contributed by atoms with van der Waals surface area (Å²) in [6, 6.07) is 21.4. The largest absolute Gasteiger partial charge is 0.461 e. The summed E-state index contributed by atoms with van der Waals surface area (Å²) in [4.78, 5) is 12.0. The lowest BCUT2D eigenvalue weighted by Crippen LogP contribution is -2.06. The number of esters is 1. The second kappa shape index (κ2) is 6.26. The Labute approximate surface area is 129 Å². The van der Waals surface area contributed by atoms with Crippen molar-refractivity contribution in [3.63, 3.8) is 0 Å². The predicted octanol–water partition coefficient (Wildman–Crippen LogP) is 3.72. The van der Waals surface area contributed by atoms with Crippen LogP contribution >= 0.6 is 0 Å². The summed E-state index contributed by atoms with van der Waals surface area (Å²) < 4.78 is 6.82. The average molecular weight is 292 g/mol. The van der Waals surface area contributed by atoms with Crippen molar-refractivity contribution in [2.24, 2.45) is 0 Å². The van der Waals surface area contributed by atoms with E-state index in [0.717, 1.165) is 16.9 Å². The normalized spacial score (nSPS) is 10.4. The first-order chi connectivity index (χ1) is 10.8. The highest BCUT2D eigenvalue weighted by Crippen LogP contribution is 2.24. The second-order valence-electron chi connectivity index (χ2n) is 4.75. The molecular weight excluding hydrogens is 276 g/mol. The Morgan fingerprint density at radius 3 is 2.32 bits per heavy atom. The molecule has 0 aliphatic rings. The number of nitrogens with zero attached hydrogens (tertiary/aromatic N) is 2. The van der Waals surface area contributed by atoms with Crippen LogP contribution < -0.4 is 0 Å². The fourth-order valence-electron chi connectivity index (χ4n) is 2.27. The maximum Gasteiger partial charge on any atom is 0.358 e. The van der Waals surface area contributed by atoms with Gasteiger partial charge in [0.25, 0.3) is 0 Å². The Kier molecular flexibility index (Phi) is 4.01. The number of para-hydroxylation sites is 1. The lowest BCUT2D eigenvalue weighted by molar-refractivity contribution is 0.0519. The van der Waals surface area contributed by atoms with E-state index in [0.29, 0.717) is 12.3 Å². The minimum absolute atomic E-state index is 0.310. The molecule has 0 N–H and O–H groups in total. The molecule has 3 rings (SSSR count). The molecule has 0 atom stereocenters. The van der Waals surface area contributed by atoms with Crippen molar-refractivity contribution in [3.8, 4) is 16.9 Å². The van der Waals surface area contributed by atoms with E-state index in [1.165, 1.54) is 0 Å². The van der Waals surface area contributed by atoms with Gasteiger partial charge < -0.3 is 4.74 Å². The summed E-state index contributed by atoms with van der Waals surface area (Å²) in [5.74, 6) is -0.408. The van der Waals surface area contributed by atoms with Crippen LogP contribution in [0.3, 0.4) is 0 Å². The van der Waals surface area contributed by atoms with E-state index in [1.54, 1.807) is 17.7 Å². The van der Waals surface area contributed by atoms with Crippen molar-refractivity contribution in [2.75, 3.05) is 6.61 Å². The van der Waals surface area contributed by atoms with Gasteiger partial charge in [0.05, 0.1) is 18.0 Å². The molecule has 110 valence electrons. The van der Waals surface area contributed by atoms with Gasteiger partial charge in [0, 0.05) is 5.56 Å². The van der Waals surface area contributed by atoms with Crippen LogP contribution in [0.25, 0.3) is 16.9 Å². The van der Waals surface area contributed by atoms with Gasteiger partial charge in [0.1, 0.15) is 0 Å². The number of carbonyl (C=O) groups excluding carboxylic acids is 1. The number of hydrogen-bond acceptors (Lipinski definition) is 3. The number of rotatable bonds is 4. The zero-order valence-corrected chi connectivity index (χ0v) is 12.3. The molecule has 0 fully saturated rings. The third-order valence-electron chi connectivity index (χ3n) is 3.26. The molecule has 4 heteroatoms. The molecule has 4 nitrogen and oxygen atoms in total. The quantitative estimate of drug-likeness (QED) is 0.688. The fourth-order valence-corrected chi connectivity index (χ4v) is 2.27. The van der Waals surface area contributed by atoms with E-state index in [1.807, 2.05) is 60.7 Å². The van der Waals surface area contributed by atoms with Crippen molar-refractivity contribution < 1.29 is 9.53 Å². The Balaban J connectivity index is 2.12. The molecule has 0 saturated heterocycles. The Bertz CT molecular complexity index is 707. The highest BCUT2D eigenvalue weighted by molar-refractivity contribution is 5.89. The van der Waals surface area contributed by atoms with Gasteiger partial charge >= 0.3 is 5.97 Å². The van der Waals surface area contributed by atoms with Gasteiger partial charge in [-0.2, -0.15) is 5.10 Å². The third-order valence-corrected chi connectivity index (χ3v) is 3.26. The van der Waals surface area contributed by atoms with Crippen molar-refractivity contribution in [1.29, 1.82) is 0 Å². The molecule has 0 bridgehead atoms. The number of carbonyl (C=O) groups is 1. The summed E-state index contributed by atoms with van der Waals surface area (Å²) in [7, 11) is 0. The Hall–Kier alpha value is -2.88. The number of ether oxygens (including phenoxy) is 1. The van der Waals surface area contributed by atoms with E-state index in [2.05, 4.69) is 5.10 Å². The molecule has 0 aliphatic carbocycles. The van der Waals surface area contributed by atoms with Crippen LogP contribution in [0.4, 0.5) is 0 Å². The molecule has 0 radical (unpaired) electrons. The van der Waals surface area contributed by atoms with Gasteiger partial charge in [0.2, 0.25) is 0 Å². The van der Waals surface area contributed by atoms with E-state index >= 15 is 0 Å². The molecular formula is C18H16N2O2. The molecule has 3 aromatic rings. The van der Waals surface area contributed by atoms with E-state index in [9.17, 15) is 4.79 Å². The first-order valence-electron chi connectivity index (χ1n) is 7.17. The zero-order chi connectivity index (χ0) is 15.4. The molecule has 2 aromatic carbocycles. The monoisotopic (exact) mass is 292 g/mol. The van der Waals surface area contributed by atoms with Gasteiger partial charge in [-0.3, -0.25) is 0 Å². The van der Waals surface area contributed by atoms with Gasteiger partial charge in [-0.05, 0) is 25.1 Å². The van der Waals surface area contributed by atoms with Crippen LogP contribution in [0.1, 0.15) is 17.4 Å². The number of aromatic nitrogens is 2. The van der Waals surface area contributed by atoms with Crippen LogP contribution in [0.2, 0.25) is 0 Å². The first-order valence-corrected chi connectivity index (χ1v) is 7.17. The van der Waals surface area contributed by atoms with E-state index < -0.39 is 5.97 Å². The standard InChI is InChI=1S/C18H16N2O2/c1-2-22-18(21)16-13-17(14-9-5-3-6-10-14)20(19-16)15-11-7-4-8-12-15/h3-13H,2H2,1H3. The van der Waals surface area contributed by atoms with Crippen molar-refractivity contribution in [2.45, 2.75) is 6.92 Å². The second-order valence-corrected chi connectivity index (χ2v) is 4.75. The SMILES string of the molecule is CCOC(=O)c1cc(-c2ccccc2)n(-c2ccccc2)n1. The minimum atomic E-state index is -0.408.